The van der Waals surface area contributed by atoms with E-state index in [9.17, 15) is 4.79 Å². The van der Waals surface area contributed by atoms with Gasteiger partial charge >= 0.3 is 5.97 Å². The Hall–Kier alpha value is -1.03. The van der Waals surface area contributed by atoms with Crippen LogP contribution in [0, 0.1) is 5.92 Å². The fourth-order valence-electron chi connectivity index (χ4n) is 2.51. The van der Waals surface area contributed by atoms with E-state index in [1.807, 2.05) is 0 Å². The second-order valence-electron chi connectivity index (χ2n) is 4.53. The molecule has 0 radical (unpaired) electrons. The molecule has 1 aliphatic rings. The molecule has 1 aromatic heterocycles. The quantitative estimate of drug-likeness (QED) is 0.889. The third kappa shape index (κ3) is 2.80. The number of hydrogen-bond acceptors (Lipinski definition) is 3. The molecule has 3 nitrogen and oxygen atoms in total. The van der Waals surface area contributed by atoms with Crippen molar-refractivity contribution in [2.24, 2.45) is 5.92 Å². The highest BCUT2D eigenvalue weighted by molar-refractivity contribution is 7.12. The van der Waals surface area contributed by atoms with E-state index in [0.717, 1.165) is 12.8 Å². The zero-order chi connectivity index (χ0) is 12.3. The third-order valence-corrected chi connectivity index (χ3v) is 4.35. The van der Waals surface area contributed by atoms with Gasteiger partial charge in [0.2, 0.25) is 0 Å². The predicted molar refractivity (Wildman–Crippen MR) is 67.9 cm³/mol. The van der Waals surface area contributed by atoms with Gasteiger partial charge in [-0.1, -0.05) is 13.3 Å². The summed E-state index contributed by atoms with van der Waals surface area (Å²) in [4.78, 5) is 11.3. The second kappa shape index (κ2) is 5.54. The number of hydrogen-bond donors (Lipinski definition) is 1. The lowest BCUT2D eigenvalue weighted by Gasteiger charge is -2.31. The fraction of sp³-hybridized carbons (Fsp3) is 0.615. The minimum atomic E-state index is -0.890. The van der Waals surface area contributed by atoms with E-state index in [1.165, 1.54) is 30.6 Å². The molecule has 1 aliphatic carbocycles. The zero-order valence-electron chi connectivity index (χ0n) is 10.0. The van der Waals surface area contributed by atoms with Crippen LogP contribution in [0.3, 0.4) is 0 Å². The molecule has 0 saturated heterocycles. The average molecular weight is 254 g/mol. The highest BCUT2D eigenvalue weighted by Crippen LogP contribution is 2.33. The summed E-state index contributed by atoms with van der Waals surface area (Å²) in [6, 6.07) is 1.77. The Labute approximate surface area is 105 Å². The summed E-state index contributed by atoms with van der Waals surface area (Å²) in [5, 5.41) is 10.8. The zero-order valence-corrected chi connectivity index (χ0v) is 10.8. The number of carboxylic acids is 1. The standard InChI is InChI=1S/C13H18O3S/c1-2-9-5-3-4-6-10(9)16-11-7-8-17-12(11)13(14)15/h7-10H,2-6H2,1H3,(H,14,15). The van der Waals surface area contributed by atoms with Crippen molar-refractivity contribution in [3.63, 3.8) is 0 Å². The molecule has 0 aromatic carbocycles. The number of aromatic carboxylic acids is 1. The van der Waals surface area contributed by atoms with Crippen molar-refractivity contribution in [2.75, 3.05) is 0 Å². The first-order valence-corrected chi connectivity index (χ1v) is 7.07. The minimum absolute atomic E-state index is 0.196. The first kappa shape index (κ1) is 12.4. The SMILES string of the molecule is CCC1CCCCC1Oc1ccsc1C(=O)O. The summed E-state index contributed by atoms with van der Waals surface area (Å²) in [5.41, 5.74) is 0. The van der Waals surface area contributed by atoms with E-state index in [4.69, 9.17) is 9.84 Å². The predicted octanol–water partition coefficient (Wildman–Crippen LogP) is 3.79. The van der Waals surface area contributed by atoms with Gasteiger partial charge in [0, 0.05) is 0 Å². The number of ether oxygens (including phenoxy) is 1. The third-order valence-electron chi connectivity index (χ3n) is 3.47. The Morgan fingerprint density at radius 3 is 3.00 bits per heavy atom. The molecule has 2 atom stereocenters. The molecule has 94 valence electrons. The van der Waals surface area contributed by atoms with Crippen LogP contribution >= 0.6 is 11.3 Å². The average Bonchev–Trinajstić information content (AvgIpc) is 2.78. The molecule has 1 heterocycles. The van der Waals surface area contributed by atoms with Gasteiger partial charge in [0.25, 0.3) is 0 Å². The molecule has 17 heavy (non-hydrogen) atoms. The monoisotopic (exact) mass is 254 g/mol. The fourth-order valence-corrected chi connectivity index (χ4v) is 3.17. The largest absolute Gasteiger partial charge is 0.488 e. The van der Waals surface area contributed by atoms with E-state index in [0.29, 0.717) is 16.5 Å². The van der Waals surface area contributed by atoms with Crippen molar-refractivity contribution in [1.82, 2.24) is 0 Å². The Balaban J connectivity index is 2.08. The van der Waals surface area contributed by atoms with Crippen molar-refractivity contribution >= 4 is 17.3 Å². The van der Waals surface area contributed by atoms with Crippen LogP contribution in [0.1, 0.15) is 48.7 Å². The van der Waals surface area contributed by atoms with Crippen molar-refractivity contribution in [3.05, 3.63) is 16.3 Å². The van der Waals surface area contributed by atoms with Crippen LogP contribution in [-0.4, -0.2) is 17.2 Å². The van der Waals surface area contributed by atoms with Gasteiger partial charge in [0.15, 0.2) is 4.88 Å². The molecule has 1 saturated carbocycles. The van der Waals surface area contributed by atoms with Gasteiger partial charge in [0.1, 0.15) is 11.9 Å². The Bertz CT molecular complexity index is 386. The second-order valence-corrected chi connectivity index (χ2v) is 5.44. The summed E-state index contributed by atoms with van der Waals surface area (Å²) < 4.78 is 5.92. The summed E-state index contributed by atoms with van der Waals surface area (Å²) in [6.07, 6.45) is 6.02. The molecule has 2 unspecified atom stereocenters. The molecule has 1 aromatic rings. The molecule has 0 amide bonds. The van der Waals surface area contributed by atoms with Crippen molar-refractivity contribution < 1.29 is 14.6 Å². The van der Waals surface area contributed by atoms with Gasteiger partial charge in [-0.3, -0.25) is 0 Å². The van der Waals surface area contributed by atoms with E-state index < -0.39 is 5.97 Å². The summed E-state index contributed by atoms with van der Waals surface area (Å²) in [7, 11) is 0. The normalized spacial score (nSPS) is 24.5. The molecule has 2 rings (SSSR count). The molecular formula is C13H18O3S. The maximum Gasteiger partial charge on any atom is 0.349 e. The minimum Gasteiger partial charge on any atom is -0.488 e. The lowest BCUT2D eigenvalue weighted by molar-refractivity contribution is 0.0672. The Morgan fingerprint density at radius 1 is 1.53 bits per heavy atom. The summed E-state index contributed by atoms with van der Waals surface area (Å²) in [5.74, 6) is 0.233. The number of rotatable bonds is 4. The van der Waals surface area contributed by atoms with Crippen LogP contribution in [0.2, 0.25) is 0 Å². The van der Waals surface area contributed by atoms with Gasteiger partial charge in [-0.25, -0.2) is 4.79 Å². The molecule has 0 aliphatic heterocycles. The molecule has 1 fully saturated rings. The van der Waals surface area contributed by atoms with Crippen LogP contribution in [0.5, 0.6) is 5.75 Å². The van der Waals surface area contributed by atoms with Crippen LogP contribution in [0.25, 0.3) is 0 Å². The number of carboxylic acid groups (broad SMARTS) is 1. The topological polar surface area (TPSA) is 46.5 Å². The van der Waals surface area contributed by atoms with Gasteiger partial charge in [-0.05, 0) is 43.0 Å². The highest BCUT2D eigenvalue weighted by atomic mass is 32.1. The number of thiophene rings is 1. The Morgan fingerprint density at radius 2 is 2.29 bits per heavy atom. The maximum atomic E-state index is 11.0. The van der Waals surface area contributed by atoms with E-state index >= 15 is 0 Å². The highest BCUT2D eigenvalue weighted by Gasteiger charge is 2.27. The van der Waals surface area contributed by atoms with Gasteiger partial charge in [-0.15, -0.1) is 11.3 Å². The lowest BCUT2D eigenvalue weighted by Crippen LogP contribution is -2.30. The van der Waals surface area contributed by atoms with E-state index in [1.54, 1.807) is 11.4 Å². The van der Waals surface area contributed by atoms with Crippen molar-refractivity contribution in [1.29, 1.82) is 0 Å². The van der Waals surface area contributed by atoms with Gasteiger partial charge < -0.3 is 9.84 Å². The van der Waals surface area contributed by atoms with Crippen LogP contribution in [0.4, 0.5) is 0 Å². The van der Waals surface area contributed by atoms with E-state index in [-0.39, 0.29) is 6.10 Å². The first-order chi connectivity index (χ1) is 8.22. The van der Waals surface area contributed by atoms with Crippen LogP contribution in [0.15, 0.2) is 11.4 Å². The first-order valence-electron chi connectivity index (χ1n) is 6.19. The smallest absolute Gasteiger partial charge is 0.349 e. The van der Waals surface area contributed by atoms with Crippen LogP contribution in [-0.2, 0) is 0 Å². The molecule has 0 bridgehead atoms. The summed E-state index contributed by atoms with van der Waals surface area (Å²) >= 11 is 1.23. The summed E-state index contributed by atoms with van der Waals surface area (Å²) in [6.45, 7) is 2.18. The lowest BCUT2D eigenvalue weighted by atomic mass is 9.85. The van der Waals surface area contributed by atoms with Gasteiger partial charge in [0.05, 0.1) is 0 Å². The van der Waals surface area contributed by atoms with Gasteiger partial charge in [-0.2, -0.15) is 0 Å². The van der Waals surface area contributed by atoms with Crippen molar-refractivity contribution in [3.8, 4) is 5.75 Å². The van der Waals surface area contributed by atoms with E-state index in [2.05, 4.69) is 6.92 Å². The van der Waals surface area contributed by atoms with Crippen LogP contribution < -0.4 is 4.74 Å². The molecule has 1 N–H and O–H groups in total. The molecular weight excluding hydrogens is 236 g/mol. The number of carbonyl (C=O) groups is 1. The molecule has 0 spiro atoms. The Kier molecular flexibility index (Phi) is 4.05. The molecule has 4 heteroatoms. The van der Waals surface area contributed by atoms with Crippen molar-refractivity contribution in [2.45, 2.75) is 45.1 Å². The maximum absolute atomic E-state index is 11.0.